The molecule has 8 atom stereocenters. The fourth-order valence-corrected chi connectivity index (χ4v) is 8.79. The van der Waals surface area contributed by atoms with Gasteiger partial charge in [-0.2, -0.15) is 0 Å². The van der Waals surface area contributed by atoms with Crippen molar-refractivity contribution in [1.29, 1.82) is 0 Å². The Morgan fingerprint density at radius 3 is 2.47 bits per heavy atom. The summed E-state index contributed by atoms with van der Waals surface area (Å²) in [5.74, 6) is 3.20. The molecule has 0 aliphatic heterocycles. The van der Waals surface area contributed by atoms with E-state index in [0.717, 1.165) is 50.4 Å². The number of rotatable bonds is 6. The topological polar surface area (TPSA) is 49.7 Å². The van der Waals surface area contributed by atoms with Crippen LogP contribution in [0.3, 0.4) is 0 Å². The van der Waals surface area contributed by atoms with E-state index in [0.29, 0.717) is 17.8 Å². The molecule has 172 valence electrons. The number of aliphatic hydroxyl groups is 1. The maximum Gasteiger partial charge on any atom is 0.111 e. The van der Waals surface area contributed by atoms with E-state index >= 15 is 0 Å². The Morgan fingerprint density at radius 2 is 1.77 bits per heavy atom. The lowest BCUT2D eigenvalue weighted by atomic mass is 9.46. The summed E-state index contributed by atoms with van der Waals surface area (Å²) >= 11 is 0. The predicted molar refractivity (Wildman–Crippen MR) is 122 cm³/mol. The molecule has 3 heteroatoms. The van der Waals surface area contributed by atoms with Crippen molar-refractivity contribution in [1.82, 2.24) is 0 Å². The third kappa shape index (κ3) is 3.33. The quantitative estimate of drug-likeness (QED) is 0.277. The fraction of sp³-hybridized carbons (Fsp3) is 0.926. The van der Waals surface area contributed by atoms with Crippen LogP contribution in [0.4, 0.5) is 0 Å². The van der Waals surface area contributed by atoms with Gasteiger partial charge in [0.15, 0.2) is 0 Å². The summed E-state index contributed by atoms with van der Waals surface area (Å²) in [6, 6.07) is 0. The Hall–Kier alpha value is -0.380. The number of allylic oxidation sites excluding steroid dienone is 1. The van der Waals surface area contributed by atoms with E-state index in [1.165, 1.54) is 37.7 Å². The van der Waals surface area contributed by atoms with E-state index in [1.807, 2.05) is 0 Å². The molecular weight excluding hydrogens is 372 g/mol. The van der Waals surface area contributed by atoms with Gasteiger partial charge >= 0.3 is 0 Å². The third-order valence-corrected chi connectivity index (χ3v) is 10.6. The molecular formula is C27H46O3. The van der Waals surface area contributed by atoms with Gasteiger partial charge in [-0.25, -0.2) is 4.89 Å². The number of fused-ring (bicyclic) bond motifs is 5. The molecule has 0 saturated heterocycles. The van der Waals surface area contributed by atoms with E-state index in [2.05, 4.69) is 40.7 Å². The summed E-state index contributed by atoms with van der Waals surface area (Å²) in [4.78, 5) is 5.57. The molecule has 4 rings (SSSR count). The molecule has 0 aromatic heterocycles. The van der Waals surface area contributed by atoms with Crippen LogP contribution in [0.15, 0.2) is 11.6 Å². The number of hydrogen-bond acceptors (Lipinski definition) is 3. The summed E-state index contributed by atoms with van der Waals surface area (Å²) in [6.07, 6.45) is 14.7. The zero-order valence-corrected chi connectivity index (χ0v) is 20.1. The van der Waals surface area contributed by atoms with Crippen LogP contribution < -0.4 is 0 Å². The molecule has 30 heavy (non-hydrogen) atoms. The Labute approximate surface area is 184 Å². The van der Waals surface area contributed by atoms with Crippen molar-refractivity contribution in [3.8, 4) is 0 Å². The van der Waals surface area contributed by atoms with Crippen molar-refractivity contribution < 1.29 is 15.3 Å². The first-order valence-corrected chi connectivity index (χ1v) is 12.9. The molecule has 0 heterocycles. The van der Waals surface area contributed by atoms with E-state index in [-0.39, 0.29) is 22.5 Å². The summed E-state index contributed by atoms with van der Waals surface area (Å²) in [5.41, 5.74) is 1.50. The molecule has 4 aliphatic carbocycles. The van der Waals surface area contributed by atoms with Gasteiger partial charge in [-0.05, 0) is 92.8 Å². The summed E-state index contributed by atoms with van der Waals surface area (Å²) in [6.45, 7) is 11.9. The van der Waals surface area contributed by atoms with Crippen LogP contribution >= 0.6 is 0 Å². The molecule has 0 spiro atoms. The molecule has 3 fully saturated rings. The molecule has 0 bridgehead atoms. The molecule has 0 aromatic rings. The average Bonchev–Trinajstić information content (AvgIpc) is 3.01. The van der Waals surface area contributed by atoms with Gasteiger partial charge in [-0.3, -0.25) is 5.26 Å². The zero-order valence-electron chi connectivity index (χ0n) is 20.1. The summed E-state index contributed by atoms with van der Waals surface area (Å²) in [7, 11) is 0. The van der Waals surface area contributed by atoms with Gasteiger partial charge in [0.2, 0.25) is 0 Å². The minimum Gasteiger partial charge on any atom is -0.393 e. The molecule has 0 radical (unpaired) electrons. The lowest BCUT2D eigenvalue weighted by Gasteiger charge is -2.59. The normalized spacial score (nSPS) is 46.7. The molecule has 0 aromatic carbocycles. The van der Waals surface area contributed by atoms with E-state index < -0.39 is 0 Å². The highest BCUT2D eigenvalue weighted by molar-refractivity contribution is 5.26. The highest BCUT2D eigenvalue weighted by atomic mass is 17.1. The van der Waals surface area contributed by atoms with Crippen molar-refractivity contribution in [3.63, 3.8) is 0 Å². The predicted octanol–water partition coefficient (Wildman–Crippen LogP) is 7.00. The minimum absolute atomic E-state index is 0.0655. The van der Waals surface area contributed by atoms with Crippen LogP contribution in [0.5, 0.6) is 0 Å². The van der Waals surface area contributed by atoms with Crippen molar-refractivity contribution in [2.24, 2.45) is 40.4 Å². The van der Waals surface area contributed by atoms with Crippen molar-refractivity contribution in [3.05, 3.63) is 11.6 Å². The molecule has 0 amide bonds. The van der Waals surface area contributed by atoms with Gasteiger partial charge in [0, 0.05) is 5.41 Å². The molecule has 3 nitrogen and oxygen atoms in total. The lowest BCUT2D eigenvalue weighted by Crippen LogP contribution is -2.57. The van der Waals surface area contributed by atoms with Gasteiger partial charge in [0.25, 0.3) is 0 Å². The van der Waals surface area contributed by atoms with Crippen molar-refractivity contribution in [2.75, 3.05) is 0 Å². The van der Waals surface area contributed by atoms with Crippen LogP contribution in [-0.2, 0) is 4.89 Å². The van der Waals surface area contributed by atoms with Crippen molar-refractivity contribution in [2.45, 2.75) is 117 Å². The van der Waals surface area contributed by atoms with Crippen LogP contribution in [0.25, 0.3) is 0 Å². The Kier molecular flexibility index (Phi) is 6.23. The van der Waals surface area contributed by atoms with Gasteiger partial charge in [-0.1, -0.05) is 59.1 Å². The Balaban J connectivity index is 1.57. The third-order valence-electron chi connectivity index (χ3n) is 10.6. The zero-order chi connectivity index (χ0) is 21.7. The van der Waals surface area contributed by atoms with Crippen LogP contribution in [-0.4, -0.2) is 22.1 Å². The monoisotopic (exact) mass is 418 g/mol. The lowest BCUT2D eigenvalue weighted by molar-refractivity contribution is -0.368. The molecule has 0 unspecified atom stereocenters. The van der Waals surface area contributed by atoms with Crippen molar-refractivity contribution >= 4 is 0 Å². The first-order chi connectivity index (χ1) is 14.2. The summed E-state index contributed by atoms with van der Waals surface area (Å²) in [5, 5.41) is 20.6. The van der Waals surface area contributed by atoms with Gasteiger partial charge in [0.1, 0.15) is 5.60 Å². The average molecular weight is 419 g/mol. The van der Waals surface area contributed by atoms with Crippen LogP contribution in [0.1, 0.15) is 105 Å². The second kappa shape index (κ2) is 8.19. The van der Waals surface area contributed by atoms with E-state index in [1.54, 1.807) is 0 Å². The maximum absolute atomic E-state index is 10.3. The molecule has 2 N–H and O–H groups in total. The molecule has 3 saturated carbocycles. The second-order valence-electron chi connectivity index (χ2n) is 12.4. The SMILES string of the molecule is CC(C)CCC[C@@H](C)[C@@]1(OO)CC[C@H]2[C@@H]3CC=C4C[C@@H](O)CC[C@]4(C)[C@H]3CC[C@@]21C. The fourth-order valence-electron chi connectivity index (χ4n) is 8.79. The van der Waals surface area contributed by atoms with E-state index in [4.69, 9.17) is 4.89 Å². The second-order valence-corrected chi connectivity index (χ2v) is 12.4. The van der Waals surface area contributed by atoms with Gasteiger partial charge in [-0.15, -0.1) is 0 Å². The number of hydrogen-bond donors (Lipinski definition) is 2. The van der Waals surface area contributed by atoms with Crippen LogP contribution in [0.2, 0.25) is 0 Å². The highest BCUT2D eigenvalue weighted by Gasteiger charge is 2.66. The largest absolute Gasteiger partial charge is 0.393 e. The Bertz CT molecular complexity index is 656. The standard InChI is InChI=1S/C27H46O3/c1-18(2)7-6-8-19(3)27(30-29)16-13-24-22-10-9-20-17-21(28)11-14-25(20,4)23(22)12-15-26(24,27)5/h9,18-19,21-24,28-29H,6-8,10-17H2,1-5H3/t19-,21+,22-,23+,24+,25+,26+,27+/m1/s1. The van der Waals surface area contributed by atoms with E-state index in [9.17, 15) is 10.4 Å². The molecule has 4 aliphatic rings. The number of aliphatic hydroxyl groups excluding tert-OH is 1. The summed E-state index contributed by atoms with van der Waals surface area (Å²) < 4.78 is 0. The first-order valence-electron chi connectivity index (χ1n) is 12.9. The Morgan fingerprint density at radius 1 is 1.03 bits per heavy atom. The minimum atomic E-state index is -0.382. The van der Waals surface area contributed by atoms with Gasteiger partial charge < -0.3 is 5.11 Å². The smallest absolute Gasteiger partial charge is 0.111 e. The van der Waals surface area contributed by atoms with Gasteiger partial charge in [0.05, 0.1) is 6.10 Å². The maximum atomic E-state index is 10.3. The highest BCUT2D eigenvalue weighted by Crippen LogP contribution is 2.69. The first kappa shape index (κ1) is 22.8. The van der Waals surface area contributed by atoms with Crippen LogP contribution in [0, 0.1) is 40.4 Å².